The predicted molar refractivity (Wildman–Crippen MR) is 148 cm³/mol. The summed E-state index contributed by atoms with van der Waals surface area (Å²) in [4.78, 5) is 19.5. The number of piperidine rings is 2. The maximum Gasteiger partial charge on any atom is 0.240 e. The Morgan fingerprint density at radius 1 is 1.14 bits per heavy atom. The van der Waals surface area contributed by atoms with Crippen LogP contribution < -0.4 is 5.32 Å². The van der Waals surface area contributed by atoms with Gasteiger partial charge in [0.05, 0.1) is 18.0 Å². The molecule has 1 amide bonds. The van der Waals surface area contributed by atoms with Gasteiger partial charge in [-0.25, -0.2) is 17.7 Å². The van der Waals surface area contributed by atoms with Gasteiger partial charge in [-0.2, -0.15) is 0 Å². The number of carbonyl (C=O) groups excluding carboxylic acids is 1. The molecule has 2 aromatic rings. The third kappa shape index (κ3) is 6.73. The maximum atomic E-state index is 13.1. The van der Waals surface area contributed by atoms with Crippen molar-refractivity contribution in [1.82, 2.24) is 14.2 Å². The van der Waals surface area contributed by atoms with E-state index in [1.54, 1.807) is 4.31 Å². The van der Waals surface area contributed by atoms with Crippen molar-refractivity contribution in [3.8, 4) is 11.3 Å². The predicted octanol–water partition coefficient (Wildman–Crippen LogP) is 4.86. The molecule has 1 N–H and O–H groups in total. The van der Waals surface area contributed by atoms with Crippen LogP contribution in [-0.4, -0.2) is 67.0 Å². The van der Waals surface area contributed by atoms with Gasteiger partial charge in [0.15, 0.2) is 5.13 Å². The number of nitrogens with one attached hydrogen (secondary N) is 1. The van der Waals surface area contributed by atoms with Crippen LogP contribution in [0.4, 0.5) is 5.13 Å². The fraction of sp³-hybridized carbons (Fsp3) is 0.630. The van der Waals surface area contributed by atoms with Crippen LogP contribution in [0.3, 0.4) is 0 Å². The lowest BCUT2D eigenvalue weighted by Gasteiger charge is -2.52. The van der Waals surface area contributed by atoms with E-state index in [2.05, 4.69) is 48.1 Å². The van der Waals surface area contributed by atoms with Crippen molar-refractivity contribution >= 4 is 32.4 Å². The summed E-state index contributed by atoms with van der Waals surface area (Å²) in [6.07, 6.45) is 2.84. The van der Waals surface area contributed by atoms with Crippen LogP contribution in [-0.2, 0) is 14.8 Å². The molecule has 2 fully saturated rings. The van der Waals surface area contributed by atoms with Crippen LogP contribution >= 0.6 is 11.3 Å². The lowest BCUT2D eigenvalue weighted by atomic mass is 9.65. The molecule has 2 aliphatic rings. The van der Waals surface area contributed by atoms with E-state index in [1.165, 1.54) is 16.9 Å². The highest BCUT2D eigenvalue weighted by Gasteiger charge is 2.47. The molecule has 198 valence electrons. The molecule has 1 aromatic heterocycles. The highest BCUT2D eigenvalue weighted by Crippen LogP contribution is 2.47. The van der Waals surface area contributed by atoms with Crippen molar-refractivity contribution in [1.29, 1.82) is 0 Å². The first kappa shape index (κ1) is 27.2. The smallest absolute Gasteiger partial charge is 0.240 e. The molecule has 7 nitrogen and oxygen atoms in total. The number of thiazole rings is 1. The van der Waals surface area contributed by atoms with Gasteiger partial charge in [0.1, 0.15) is 0 Å². The van der Waals surface area contributed by atoms with Crippen LogP contribution in [0.15, 0.2) is 29.6 Å². The molecule has 2 aliphatic heterocycles. The molecule has 0 radical (unpaired) electrons. The molecule has 0 bridgehead atoms. The first-order chi connectivity index (χ1) is 16.8. The summed E-state index contributed by atoms with van der Waals surface area (Å²) in [5, 5.41) is 5.54. The molecule has 3 heterocycles. The number of hydrogen-bond acceptors (Lipinski definition) is 6. The minimum Gasteiger partial charge on any atom is -0.301 e. The van der Waals surface area contributed by atoms with Crippen molar-refractivity contribution in [2.45, 2.75) is 53.9 Å². The Morgan fingerprint density at radius 2 is 1.81 bits per heavy atom. The second kappa shape index (κ2) is 10.5. The van der Waals surface area contributed by atoms with Gasteiger partial charge in [-0.1, -0.05) is 57.5 Å². The van der Waals surface area contributed by atoms with E-state index < -0.39 is 10.0 Å². The van der Waals surface area contributed by atoms with Crippen LogP contribution in [0.2, 0.25) is 0 Å². The van der Waals surface area contributed by atoms with Gasteiger partial charge in [0.2, 0.25) is 15.9 Å². The number of aryl methyl sites for hydroxylation is 1. The van der Waals surface area contributed by atoms with Gasteiger partial charge < -0.3 is 5.32 Å². The minimum atomic E-state index is -3.27. The number of amides is 1. The Labute approximate surface area is 220 Å². The number of anilines is 1. The summed E-state index contributed by atoms with van der Waals surface area (Å²) in [6, 6.07) is 8.20. The van der Waals surface area contributed by atoms with Crippen LogP contribution in [0.1, 0.15) is 52.5 Å². The Morgan fingerprint density at radius 3 is 2.44 bits per heavy atom. The summed E-state index contributed by atoms with van der Waals surface area (Å²) in [6.45, 7) is 13.5. The molecule has 0 atom stereocenters. The third-order valence-electron chi connectivity index (χ3n) is 7.29. The molecule has 0 saturated carbocycles. The SMILES string of the molecule is Cc1ccc(-c2csc(NC(=O)CN3CCC4(CC3)CN(S(=O)(=O)CC(C)C)CC(C)(C)C4)n2)cc1. The van der Waals surface area contributed by atoms with Crippen molar-refractivity contribution in [2.75, 3.05) is 43.8 Å². The number of rotatable bonds is 7. The molecular formula is C27H40N4O3S2. The Balaban J connectivity index is 1.33. The lowest BCUT2D eigenvalue weighted by Crippen LogP contribution is -2.56. The van der Waals surface area contributed by atoms with Gasteiger partial charge in [0, 0.05) is 24.0 Å². The summed E-state index contributed by atoms with van der Waals surface area (Å²) < 4.78 is 27.9. The number of nitrogens with zero attached hydrogens (tertiary/aromatic N) is 3. The second-order valence-electron chi connectivity index (χ2n) is 12.0. The van der Waals surface area contributed by atoms with E-state index in [9.17, 15) is 13.2 Å². The van der Waals surface area contributed by atoms with E-state index in [4.69, 9.17) is 0 Å². The number of aromatic nitrogens is 1. The van der Waals surface area contributed by atoms with E-state index in [1.807, 2.05) is 31.4 Å². The van der Waals surface area contributed by atoms with Crippen LogP contribution in [0.5, 0.6) is 0 Å². The Kier molecular flexibility index (Phi) is 7.95. The van der Waals surface area contributed by atoms with E-state index >= 15 is 0 Å². The molecule has 4 rings (SSSR count). The summed E-state index contributed by atoms with van der Waals surface area (Å²) in [5.41, 5.74) is 3.04. The van der Waals surface area contributed by atoms with Gasteiger partial charge in [-0.3, -0.25) is 9.69 Å². The van der Waals surface area contributed by atoms with E-state index in [0.717, 1.165) is 43.6 Å². The van der Waals surface area contributed by atoms with E-state index in [0.29, 0.717) is 24.8 Å². The number of carbonyl (C=O) groups is 1. The molecule has 0 unspecified atom stereocenters. The zero-order valence-electron chi connectivity index (χ0n) is 22.2. The monoisotopic (exact) mass is 532 g/mol. The molecule has 36 heavy (non-hydrogen) atoms. The van der Waals surface area contributed by atoms with Crippen molar-refractivity contribution in [3.05, 3.63) is 35.2 Å². The standard InChI is InChI=1S/C27H40N4O3S2/c1-20(2)16-36(33,34)31-18-26(4,5)17-27(19-31)10-12-30(13-11-27)14-24(32)29-25-28-23(15-35-25)22-8-6-21(3)7-9-22/h6-9,15,20H,10-14,16-19H2,1-5H3,(H,28,29,32). The average Bonchev–Trinajstić information content (AvgIpc) is 3.22. The third-order valence-corrected chi connectivity index (χ3v) is 10.2. The number of sulfonamides is 1. The molecule has 0 aliphatic carbocycles. The highest BCUT2D eigenvalue weighted by atomic mass is 32.2. The van der Waals surface area contributed by atoms with Crippen LogP contribution in [0, 0.1) is 23.7 Å². The normalized spacial score (nSPS) is 20.6. The molecular weight excluding hydrogens is 492 g/mol. The minimum absolute atomic E-state index is 0.0168. The Bertz CT molecular complexity index is 1160. The summed E-state index contributed by atoms with van der Waals surface area (Å²) in [5.74, 6) is 0.261. The Hall–Kier alpha value is -1.81. The quantitative estimate of drug-likeness (QED) is 0.551. The average molecular weight is 533 g/mol. The topological polar surface area (TPSA) is 82.6 Å². The zero-order chi connectivity index (χ0) is 26.1. The van der Waals surface area contributed by atoms with Gasteiger partial charge in [-0.15, -0.1) is 11.3 Å². The van der Waals surface area contributed by atoms with Gasteiger partial charge >= 0.3 is 0 Å². The highest BCUT2D eigenvalue weighted by molar-refractivity contribution is 7.89. The molecule has 1 aromatic carbocycles. The van der Waals surface area contributed by atoms with Crippen molar-refractivity contribution in [3.63, 3.8) is 0 Å². The first-order valence-corrected chi connectivity index (χ1v) is 15.4. The summed E-state index contributed by atoms with van der Waals surface area (Å²) in [7, 11) is -3.27. The first-order valence-electron chi connectivity index (χ1n) is 12.9. The van der Waals surface area contributed by atoms with Crippen LogP contribution in [0.25, 0.3) is 11.3 Å². The second-order valence-corrected chi connectivity index (χ2v) is 14.9. The molecule has 9 heteroatoms. The fourth-order valence-electron chi connectivity index (χ4n) is 5.83. The molecule has 1 spiro atoms. The van der Waals surface area contributed by atoms with Crippen molar-refractivity contribution < 1.29 is 13.2 Å². The summed E-state index contributed by atoms with van der Waals surface area (Å²) >= 11 is 1.44. The maximum absolute atomic E-state index is 13.1. The van der Waals surface area contributed by atoms with E-state index in [-0.39, 0.29) is 28.4 Å². The fourth-order valence-corrected chi connectivity index (χ4v) is 8.63. The van der Waals surface area contributed by atoms with Gasteiger partial charge in [0.25, 0.3) is 0 Å². The largest absolute Gasteiger partial charge is 0.301 e. The van der Waals surface area contributed by atoms with Crippen molar-refractivity contribution in [2.24, 2.45) is 16.7 Å². The number of likely N-dealkylation sites (tertiary alicyclic amines) is 1. The molecule has 2 saturated heterocycles. The number of benzene rings is 1. The lowest BCUT2D eigenvalue weighted by molar-refractivity contribution is -0.118. The van der Waals surface area contributed by atoms with Gasteiger partial charge in [-0.05, 0) is 56.0 Å². The zero-order valence-corrected chi connectivity index (χ0v) is 23.8. The number of hydrogen-bond donors (Lipinski definition) is 1.